The molecular weight excluding hydrogens is 248 g/mol. The van der Waals surface area contributed by atoms with Crippen molar-refractivity contribution in [1.29, 1.82) is 0 Å². The van der Waals surface area contributed by atoms with Crippen molar-refractivity contribution < 1.29 is 5.11 Å². The number of phenolic OH excluding ortho intramolecular Hbond substituents is 1. The molecule has 0 aliphatic rings. The fraction of sp³-hybridized carbons (Fsp3) is 0.357. The van der Waals surface area contributed by atoms with Gasteiger partial charge in [0.2, 0.25) is 0 Å². The Morgan fingerprint density at radius 2 is 2.17 bits per heavy atom. The Bertz CT molecular complexity index is 549. The lowest BCUT2D eigenvalue weighted by molar-refractivity contribution is 0.477. The highest BCUT2D eigenvalue weighted by atomic mass is 35.5. The van der Waals surface area contributed by atoms with Crippen LogP contribution < -0.4 is 0 Å². The molecule has 0 atom stereocenters. The molecule has 0 radical (unpaired) electrons. The number of H-pyrrole nitrogens is 1. The third-order valence-electron chi connectivity index (χ3n) is 2.97. The zero-order valence-electron chi connectivity index (χ0n) is 10.6. The average Bonchev–Trinajstić information content (AvgIpc) is 2.68. The lowest BCUT2D eigenvalue weighted by Gasteiger charge is -2.01. The lowest BCUT2D eigenvalue weighted by atomic mass is 10.2. The fourth-order valence-electron chi connectivity index (χ4n) is 1.92. The molecule has 1 heterocycles. The van der Waals surface area contributed by atoms with E-state index in [2.05, 4.69) is 16.9 Å². The lowest BCUT2D eigenvalue weighted by Crippen LogP contribution is -1.87. The van der Waals surface area contributed by atoms with Crippen LogP contribution in [0.25, 0.3) is 11.4 Å². The van der Waals surface area contributed by atoms with E-state index in [9.17, 15) is 5.11 Å². The molecule has 2 rings (SSSR count). The van der Waals surface area contributed by atoms with E-state index in [1.807, 2.05) is 6.92 Å². The number of hydrogen-bond donors (Lipinski definition) is 2. The molecule has 0 bridgehead atoms. The first-order valence-electron chi connectivity index (χ1n) is 6.16. The van der Waals surface area contributed by atoms with Crippen molar-refractivity contribution in [3.8, 4) is 17.1 Å². The van der Waals surface area contributed by atoms with E-state index >= 15 is 0 Å². The van der Waals surface area contributed by atoms with Gasteiger partial charge in [-0.2, -0.15) is 0 Å². The Hall–Kier alpha value is -1.48. The van der Waals surface area contributed by atoms with E-state index in [1.165, 1.54) is 6.07 Å². The number of aromatic hydroxyl groups is 1. The molecule has 0 aliphatic carbocycles. The van der Waals surface area contributed by atoms with E-state index in [1.54, 1.807) is 12.1 Å². The van der Waals surface area contributed by atoms with Crippen LogP contribution in [0.1, 0.15) is 31.2 Å². The minimum Gasteiger partial charge on any atom is -0.507 e. The summed E-state index contributed by atoms with van der Waals surface area (Å²) in [4.78, 5) is 7.77. The monoisotopic (exact) mass is 264 g/mol. The van der Waals surface area contributed by atoms with Gasteiger partial charge in [-0.3, -0.25) is 0 Å². The van der Waals surface area contributed by atoms with Gasteiger partial charge < -0.3 is 10.1 Å². The molecule has 18 heavy (non-hydrogen) atoms. The predicted octanol–water partition coefficient (Wildman–Crippen LogP) is 4.09. The van der Waals surface area contributed by atoms with Crippen LogP contribution >= 0.6 is 11.6 Å². The van der Waals surface area contributed by atoms with Crippen LogP contribution in [-0.2, 0) is 6.42 Å². The summed E-state index contributed by atoms with van der Waals surface area (Å²) in [5.41, 5.74) is 2.82. The second kappa shape index (κ2) is 5.44. The van der Waals surface area contributed by atoms with Gasteiger partial charge >= 0.3 is 0 Å². The number of nitrogens with one attached hydrogen (secondary N) is 1. The van der Waals surface area contributed by atoms with Crippen LogP contribution in [0.15, 0.2) is 18.2 Å². The zero-order valence-corrected chi connectivity index (χ0v) is 11.4. The van der Waals surface area contributed by atoms with Crippen molar-refractivity contribution >= 4 is 11.6 Å². The van der Waals surface area contributed by atoms with Gasteiger partial charge in [0.05, 0.1) is 11.3 Å². The Labute approximate surface area is 112 Å². The molecule has 2 N–H and O–H groups in total. The molecule has 1 aromatic carbocycles. The third-order valence-corrected chi connectivity index (χ3v) is 3.20. The number of hydrogen-bond acceptors (Lipinski definition) is 2. The van der Waals surface area contributed by atoms with Crippen molar-refractivity contribution in [2.45, 2.75) is 33.1 Å². The van der Waals surface area contributed by atoms with E-state index in [4.69, 9.17) is 11.6 Å². The number of aromatic amines is 1. The number of unbranched alkanes of at least 4 members (excludes halogenated alkanes) is 1. The van der Waals surface area contributed by atoms with Gasteiger partial charge in [0.15, 0.2) is 0 Å². The van der Waals surface area contributed by atoms with Crippen LogP contribution in [0.5, 0.6) is 5.75 Å². The standard InChI is InChI=1S/C14H17ClN2O/c1-3-4-5-12-9(2)16-14(17-12)11-7-6-10(15)8-13(11)18/h6-8,18H,3-5H2,1-2H3,(H,16,17). The largest absolute Gasteiger partial charge is 0.507 e. The second-order valence-electron chi connectivity index (χ2n) is 4.42. The topological polar surface area (TPSA) is 48.9 Å². The van der Waals surface area contributed by atoms with Crippen molar-refractivity contribution in [1.82, 2.24) is 9.97 Å². The summed E-state index contributed by atoms with van der Waals surface area (Å²) in [5, 5.41) is 10.4. The zero-order chi connectivity index (χ0) is 13.1. The summed E-state index contributed by atoms with van der Waals surface area (Å²) >= 11 is 5.82. The molecule has 1 aromatic heterocycles. The molecule has 0 fully saturated rings. The summed E-state index contributed by atoms with van der Waals surface area (Å²) in [6.45, 7) is 4.17. The number of benzene rings is 1. The molecular formula is C14H17ClN2O. The number of aromatic nitrogens is 2. The molecule has 4 heteroatoms. The highest BCUT2D eigenvalue weighted by molar-refractivity contribution is 6.30. The highest BCUT2D eigenvalue weighted by Gasteiger charge is 2.11. The third kappa shape index (κ3) is 2.67. The summed E-state index contributed by atoms with van der Waals surface area (Å²) < 4.78 is 0. The SMILES string of the molecule is CCCCc1nc(-c2ccc(Cl)cc2O)[nH]c1C. The van der Waals surface area contributed by atoms with Gasteiger partial charge in [-0.25, -0.2) is 4.98 Å². The maximum Gasteiger partial charge on any atom is 0.141 e. The first-order chi connectivity index (χ1) is 8.61. The maximum absolute atomic E-state index is 9.88. The molecule has 2 aromatic rings. The first kappa shape index (κ1) is 13.0. The summed E-state index contributed by atoms with van der Waals surface area (Å²) in [7, 11) is 0. The normalized spacial score (nSPS) is 10.8. The average molecular weight is 265 g/mol. The van der Waals surface area contributed by atoms with E-state index in [0.29, 0.717) is 16.4 Å². The van der Waals surface area contributed by atoms with Gasteiger partial charge in [0, 0.05) is 10.7 Å². The van der Waals surface area contributed by atoms with Crippen LogP contribution in [0, 0.1) is 6.92 Å². The fourth-order valence-corrected chi connectivity index (χ4v) is 2.08. The van der Waals surface area contributed by atoms with Crippen molar-refractivity contribution in [3.63, 3.8) is 0 Å². The van der Waals surface area contributed by atoms with Crippen LogP contribution in [0.3, 0.4) is 0 Å². The minimum atomic E-state index is 0.151. The predicted molar refractivity (Wildman–Crippen MR) is 74.0 cm³/mol. The minimum absolute atomic E-state index is 0.151. The van der Waals surface area contributed by atoms with Gasteiger partial charge in [-0.15, -0.1) is 0 Å². The Morgan fingerprint density at radius 3 is 2.83 bits per heavy atom. The Morgan fingerprint density at radius 1 is 1.39 bits per heavy atom. The number of imidazole rings is 1. The van der Waals surface area contributed by atoms with Crippen molar-refractivity contribution in [2.75, 3.05) is 0 Å². The molecule has 0 saturated heterocycles. The Balaban J connectivity index is 2.33. The number of phenols is 1. The van der Waals surface area contributed by atoms with E-state index < -0.39 is 0 Å². The van der Waals surface area contributed by atoms with Gasteiger partial charge in [-0.05, 0) is 38.0 Å². The van der Waals surface area contributed by atoms with Gasteiger partial charge in [0.1, 0.15) is 11.6 Å². The summed E-state index contributed by atoms with van der Waals surface area (Å²) in [6.07, 6.45) is 3.23. The molecule has 0 spiro atoms. The molecule has 3 nitrogen and oxygen atoms in total. The molecule has 96 valence electrons. The van der Waals surface area contributed by atoms with Crippen molar-refractivity contribution in [3.05, 3.63) is 34.6 Å². The first-order valence-corrected chi connectivity index (χ1v) is 6.54. The Kier molecular flexibility index (Phi) is 3.92. The summed E-state index contributed by atoms with van der Waals surface area (Å²) in [6, 6.07) is 5.06. The maximum atomic E-state index is 9.88. The molecule has 0 amide bonds. The molecule has 0 unspecified atom stereocenters. The second-order valence-corrected chi connectivity index (χ2v) is 4.86. The number of rotatable bonds is 4. The summed E-state index contributed by atoms with van der Waals surface area (Å²) in [5.74, 6) is 0.853. The quantitative estimate of drug-likeness (QED) is 0.874. The van der Waals surface area contributed by atoms with Crippen LogP contribution in [0.4, 0.5) is 0 Å². The molecule has 0 saturated carbocycles. The smallest absolute Gasteiger partial charge is 0.141 e. The number of halogens is 1. The van der Waals surface area contributed by atoms with Gasteiger partial charge in [-0.1, -0.05) is 24.9 Å². The van der Waals surface area contributed by atoms with Crippen LogP contribution in [0.2, 0.25) is 5.02 Å². The highest BCUT2D eigenvalue weighted by Crippen LogP contribution is 2.30. The van der Waals surface area contributed by atoms with Crippen LogP contribution in [-0.4, -0.2) is 15.1 Å². The van der Waals surface area contributed by atoms with Crippen molar-refractivity contribution in [2.24, 2.45) is 0 Å². The number of aryl methyl sites for hydroxylation is 2. The number of nitrogens with zero attached hydrogens (tertiary/aromatic N) is 1. The van der Waals surface area contributed by atoms with E-state index in [-0.39, 0.29) is 5.75 Å². The van der Waals surface area contributed by atoms with E-state index in [0.717, 1.165) is 30.7 Å². The van der Waals surface area contributed by atoms with Gasteiger partial charge in [0.25, 0.3) is 0 Å². The molecule has 0 aliphatic heterocycles.